The van der Waals surface area contributed by atoms with Gasteiger partial charge >= 0.3 is 6.18 Å². The van der Waals surface area contributed by atoms with Crippen LogP contribution in [0, 0.1) is 0 Å². The Morgan fingerprint density at radius 3 is 2.44 bits per heavy atom. The van der Waals surface area contributed by atoms with Gasteiger partial charge in [0.25, 0.3) is 5.89 Å². The molecule has 36 heavy (non-hydrogen) atoms. The zero-order valence-electron chi connectivity index (χ0n) is 19.4. The maximum Gasteiger partial charge on any atom is 0.416 e. The van der Waals surface area contributed by atoms with Crippen LogP contribution in [0.4, 0.5) is 18.9 Å². The number of rotatable bonds is 5. The van der Waals surface area contributed by atoms with E-state index in [0.717, 1.165) is 49.1 Å². The number of nitrogens with zero attached hydrogens (tertiary/aromatic N) is 4. The van der Waals surface area contributed by atoms with Gasteiger partial charge in [-0.1, -0.05) is 29.4 Å². The third-order valence-corrected chi connectivity index (χ3v) is 5.95. The molecule has 0 unspecified atom stereocenters. The third kappa shape index (κ3) is 6.03. The Balaban J connectivity index is 0.00000180. The molecular weight excluding hydrogens is 516 g/mol. The Kier molecular flexibility index (Phi) is 8.71. The summed E-state index contributed by atoms with van der Waals surface area (Å²) in [5.41, 5.74) is 0.604. The van der Waals surface area contributed by atoms with E-state index in [1.165, 1.54) is 17.8 Å². The van der Waals surface area contributed by atoms with E-state index in [4.69, 9.17) is 9.26 Å². The standard InChI is InChI=1S/C25H23F3N4O2.2ClH/c1-31-10-12-32(13-11-31)22-7-3-4-17-8-9-20(15-21(17)22)33-16-23-29-24(34-30-23)18-5-2-6-19(14-18)25(26,27)28;;/h2-9,14-15H,10-13,16H2,1H3;2*1H. The molecule has 0 saturated carbocycles. The van der Waals surface area contributed by atoms with E-state index in [1.807, 2.05) is 18.2 Å². The maximum atomic E-state index is 13.0. The first-order chi connectivity index (χ1) is 16.4. The molecule has 1 fully saturated rings. The van der Waals surface area contributed by atoms with E-state index in [9.17, 15) is 13.2 Å². The van der Waals surface area contributed by atoms with E-state index in [2.05, 4.69) is 45.2 Å². The lowest BCUT2D eigenvalue weighted by atomic mass is 10.1. The number of alkyl halides is 3. The van der Waals surface area contributed by atoms with Gasteiger partial charge in [0, 0.05) is 42.8 Å². The van der Waals surface area contributed by atoms with Crippen molar-refractivity contribution < 1.29 is 22.4 Å². The van der Waals surface area contributed by atoms with Crippen LogP contribution in [0.25, 0.3) is 22.2 Å². The van der Waals surface area contributed by atoms with Gasteiger partial charge in [0.05, 0.1) is 5.56 Å². The van der Waals surface area contributed by atoms with Crippen molar-refractivity contribution >= 4 is 41.3 Å². The molecule has 1 saturated heterocycles. The Bertz CT molecular complexity index is 1310. The van der Waals surface area contributed by atoms with Crippen LogP contribution in [-0.2, 0) is 12.8 Å². The molecule has 0 atom stereocenters. The van der Waals surface area contributed by atoms with Crippen molar-refractivity contribution in [2.24, 2.45) is 0 Å². The summed E-state index contributed by atoms with van der Waals surface area (Å²) in [5.74, 6) is 0.917. The number of benzene rings is 3. The van der Waals surface area contributed by atoms with E-state index in [-0.39, 0.29) is 48.7 Å². The average molecular weight is 541 g/mol. The van der Waals surface area contributed by atoms with Gasteiger partial charge in [0.1, 0.15) is 5.75 Å². The van der Waals surface area contributed by atoms with Crippen molar-refractivity contribution in [1.82, 2.24) is 15.0 Å². The summed E-state index contributed by atoms with van der Waals surface area (Å²) in [7, 11) is 2.13. The summed E-state index contributed by atoms with van der Waals surface area (Å²) in [5, 5.41) is 6.07. The first kappa shape index (κ1) is 27.6. The van der Waals surface area contributed by atoms with Crippen LogP contribution in [0.1, 0.15) is 11.4 Å². The quantitative estimate of drug-likeness (QED) is 0.305. The number of fused-ring (bicyclic) bond motifs is 1. The normalized spacial score (nSPS) is 14.3. The monoisotopic (exact) mass is 540 g/mol. The molecule has 0 bridgehead atoms. The molecule has 0 amide bonds. The van der Waals surface area contributed by atoms with Crippen LogP contribution in [-0.4, -0.2) is 48.3 Å². The van der Waals surface area contributed by atoms with Gasteiger partial charge in [-0.05, 0) is 48.8 Å². The van der Waals surface area contributed by atoms with Gasteiger partial charge < -0.3 is 19.1 Å². The van der Waals surface area contributed by atoms with Crippen LogP contribution in [0.15, 0.2) is 65.2 Å². The molecule has 2 heterocycles. The van der Waals surface area contributed by atoms with Crippen LogP contribution in [0.3, 0.4) is 0 Å². The minimum Gasteiger partial charge on any atom is -0.485 e. The van der Waals surface area contributed by atoms with Crippen molar-refractivity contribution in [3.63, 3.8) is 0 Å². The number of aromatic nitrogens is 2. The van der Waals surface area contributed by atoms with E-state index in [1.54, 1.807) is 0 Å². The van der Waals surface area contributed by atoms with E-state index >= 15 is 0 Å². The summed E-state index contributed by atoms with van der Waals surface area (Å²) >= 11 is 0. The smallest absolute Gasteiger partial charge is 0.416 e. The van der Waals surface area contributed by atoms with Gasteiger partial charge in [-0.3, -0.25) is 0 Å². The topological polar surface area (TPSA) is 54.6 Å². The molecule has 5 rings (SSSR count). The highest BCUT2D eigenvalue weighted by molar-refractivity contribution is 5.95. The first-order valence-corrected chi connectivity index (χ1v) is 11.0. The number of halogens is 5. The van der Waals surface area contributed by atoms with Gasteiger partial charge in [-0.15, -0.1) is 24.8 Å². The summed E-state index contributed by atoms with van der Waals surface area (Å²) in [6.45, 7) is 3.98. The zero-order valence-corrected chi connectivity index (χ0v) is 21.0. The summed E-state index contributed by atoms with van der Waals surface area (Å²) in [6.07, 6.45) is -4.44. The Morgan fingerprint density at radius 2 is 1.69 bits per heavy atom. The Morgan fingerprint density at radius 1 is 0.944 bits per heavy atom. The molecule has 1 aliphatic heterocycles. The fraction of sp³-hybridized carbons (Fsp3) is 0.280. The fourth-order valence-corrected chi connectivity index (χ4v) is 4.05. The van der Waals surface area contributed by atoms with Gasteiger partial charge in [-0.25, -0.2) is 0 Å². The number of hydrogen-bond acceptors (Lipinski definition) is 6. The predicted octanol–water partition coefficient (Wildman–Crippen LogP) is 6.08. The van der Waals surface area contributed by atoms with Crippen LogP contribution >= 0.6 is 24.8 Å². The van der Waals surface area contributed by atoms with E-state index in [0.29, 0.717) is 5.75 Å². The molecule has 0 aliphatic carbocycles. The lowest BCUT2D eigenvalue weighted by Gasteiger charge is -2.34. The highest BCUT2D eigenvalue weighted by Gasteiger charge is 2.31. The molecule has 6 nitrogen and oxygen atoms in total. The van der Waals surface area contributed by atoms with Crippen molar-refractivity contribution in [1.29, 1.82) is 0 Å². The molecule has 0 radical (unpaired) electrons. The highest BCUT2D eigenvalue weighted by atomic mass is 35.5. The molecular formula is C25H25Cl2F3N4O2. The second-order valence-corrected chi connectivity index (χ2v) is 8.33. The molecule has 4 aromatic rings. The first-order valence-electron chi connectivity index (χ1n) is 11.0. The molecule has 1 aliphatic rings. The number of piperazine rings is 1. The Labute approximate surface area is 218 Å². The van der Waals surface area contributed by atoms with Crippen molar-refractivity contribution in [3.05, 3.63) is 72.1 Å². The molecule has 3 aromatic carbocycles. The van der Waals surface area contributed by atoms with Crippen molar-refractivity contribution in [3.8, 4) is 17.2 Å². The number of likely N-dealkylation sites (N-methyl/N-ethyl adjacent to an activating group) is 1. The van der Waals surface area contributed by atoms with Crippen LogP contribution < -0.4 is 9.64 Å². The lowest BCUT2D eigenvalue weighted by Crippen LogP contribution is -2.44. The predicted molar refractivity (Wildman–Crippen MR) is 137 cm³/mol. The summed E-state index contributed by atoms with van der Waals surface area (Å²) in [4.78, 5) is 8.89. The van der Waals surface area contributed by atoms with Crippen molar-refractivity contribution in [2.45, 2.75) is 12.8 Å². The number of anilines is 1. The maximum absolute atomic E-state index is 13.0. The molecule has 0 N–H and O–H groups in total. The summed E-state index contributed by atoms with van der Waals surface area (Å²) < 4.78 is 50.0. The van der Waals surface area contributed by atoms with Gasteiger partial charge in [0.15, 0.2) is 6.61 Å². The zero-order chi connectivity index (χ0) is 23.7. The lowest BCUT2D eigenvalue weighted by molar-refractivity contribution is -0.137. The minimum absolute atomic E-state index is 0. The minimum atomic E-state index is -4.44. The summed E-state index contributed by atoms with van der Waals surface area (Å²) in [6, 6.07) is 16.9. The largest absolute Gasteiger partial charge is 0.485 e. The Hall–Kier alpha value is -3.01. The van der Waals surface area contributed by atoms with Gasteiger partial charge in [0.2, 0.25) is 5.82 Å². The average Bonchev–Trinajstić information content (AvgIpc) is 3.32. The van der Waals surface area contributed by atoms with Gasteiger partial charge in [-0.2, -0.15) is 18.2 Å². The fourth-order valence-electron chi connectivity index (χ4n) is 4.05. The molecule has 1 aromatic heterocycles. The van der Waals surface area contributed by atoms with E-state index < -0.39 is 11.7 Å². The SMILES string of the molecule is CN1CCN(c2cccc3ccc(OCc4noc(-c5cccc(C(F)(F)F)c5)n4)cc23)CC1.Cl.Cl. The molecule has 11 heteroatoms. The molecule has 192 valence electrons. The highest BCUT2D eigenvalue weighted by Crippen LogP contribution is 2.33. The van der Waals surface area contributed by atoms with Crippen LogP contribution in [0.2, 0.25) is 0 Å². The molecule has 0 spiro atoms. The second-order valence-electron chi connectivity index (χ2n) is 8.33. The number of ether oxygens (including phenoxy) is 1. The second kappa shape index (κ2) is 11.4. The third-order valence-electron chi connectivity index (χ3n) is 5.95. The van der Waals surface area contributed by atoms with Crippen molar-refractivity contribution in [2.75, 3.05) is 38.1 Å². The van der Waals surface area contributed by atoms with Crippen LogP contribution in [0.5, 0.6) is 5.75 Å². The number of hydrogen-bond donors (Lipinski definition) is 0.